The summed E-state index contributed by atoms with van der Waals surface area (Å²) in [6.45, 7) is 10.8. The standard InChI is InChI=1S/C20H31NO/c1-6-20(4)17-12-16(22)10-9-15(17)11-18(19(20,2)3)21(5)13-14-7-8-14/h9-10,12,14,18,22H,6-8,11,13H2,1-5H3. The second kappa shape index (κ2) is 5.26. The van der Waals surface area contributed by atoms with Gasteiger partial charge in [-0.25, -0.2) is 0 Å². The average molecular weight is 301 g/mol. The van der Waals surface area contributed by atoms with Crippen LogP contribution in [0.4, 0.5) is 0 Å². The highest BCUT2D eigenvalue weighted by Crippen LogP contribution is 2.53. The highest BCUT2D eigenvalue weighted by molar-refractivity contribution is 5.44. The average Bonchev–Trinajstić information content (AvgIpc) is 3.27. The van der Waals surface area contributed by atoms with Crippen molar-refractivity contribution in [2.24, 2.45) is 11.3 Å². The number of phenols is 1. The Labute approximate surface area is 135 Å². The van der Waals surface area contributed by atoms with Gasteiger partial charge in [-0.2, -0.15) is 0 Å². The third-order valence-corrected chi connectivity index (χ3v) is 6.84. The van der Waals surface area contributed by atoms with Gasteiger partial charge in [-0.3, -0.25) is 0 Å². The third-order valence-electron chi connectivity index (χ3n) is 6.84. The van der Waals surface area contributed by atoms with Crippen LogP contribution in [0.25, 0.3) is 0 Å². The molecule has 0 amide bonds. The third kappa shape index (κ3) is 2.36. The minimum absolute atomic E-state index is 0.0990. The number of hydrogen-bond donors (Lipinski definition) is 1. The minimum atomic E-state index is 0.0990. The molecular formula is C20H31NO. The molecule has 1 fully saturated rings. The van der Waals surface area contributed by atoms with Gasteiger partial charge in [-0.1, -0.05) is 33.8 Å². The number of phenolic OH excluding ortho intramolecular Hbond substituents is 1. The smallest absolute Gasteiger partial charge is 0.115 e. The molecule has 1 aromatic rings. The molecular weight excluding hydrogens is 270 g/mol. The van der Waals surface area contributed by atoms with Gasteiger partial charge in [0, 0.05) is 12.6 Å². The molecule has 0 bridgehead atoms. The first-order valence-electron chi connectivity index (χ1n) is 8.82. The summed E-state index contributed by atoms with van der Waals surface area (Å²) >= 11 is 0. The number of nitrogens with zero attached hydrogens (tertiary/aromatic N) is 1. The van der Waals surface area contributed by atoms with Crippen molar-refractivity contribution in [3.63, 3.8) is 0 Å². The van der Waals surface area contributed by atoms with Crippen LogP contribution in [0.3, 0.4) is 0 Å². The van der Waals surface area contributed by atoms with Crippen LogP contribution in [-0.2, 0) is 11.8 Å². The fraction of sp³-hybridized carbons (Fsp3) is 0.700. The van der Waals surface area contributed by atoms with Crippen LogP contribution in [0.15, 0.2) is 18.2 Å². The second-order valence-corrected chi connectivity index (χ2v) is 8.35. The van der Waals surface area contributed by atoms with Crippen molar-refractivity contribution in [3.8, 4) is 5.75 Å². The van der Waals surface area contributed by atoms with E-state index in [1.54, 1.807) is 0 Å². The van der Waals surface area contributed by atoms with E-state index in [9.17, 15) is 5.11 Å². The molecule has 0 spiro atoms. The maximum absolute atomic E-state index is 9.98. The van der Waals surface area contributed by atoms with E-state index >= 15 is 0 Å². The molecule has 1 N–H and O–H groups in total. The lowest BCUT2D eigenvalue weighted by molar-refractivity contribution is 0.0238. The summed E-state index contributed by atoms with van der Waals surface area (Å²) in [7, 11) is 2.31. The van der Waals surface area contributed by atoms with Crippen LogP contribution in [0.1, 0.15) is 58.1 Å². The first kappa shape index (κ1) is 15.9. The van der Waals surface area contributed by atoms with Crippen LogP contribution >= 0.6 is 0 Å². The Kier molecular flexibility index (Phi) is 3.79. The van der Waals surface area contributed by atoms with Crippen LogP contribution in [0.2, 0.25) is 0 Å². The first-order chi connectivity index (χ1) is 10.3. The SMILES string of the molecule is CCC1(C)c2cc(O)ccc2CC(N(C)CC2CC2)C1(C)C. The van der Waals surface area contributed by atoms with Crippen molar-refractivity contribution < 1.29 is 5.11 Å². The molecule has 2 unspecified atom stereocenters. The zero-order valence-corrected chi connectivity index (χ0v) is 14.8. The lowest BCUT2D eigenvalue weighted by Crippen LogP contribution is -2.57. The van der Waals surface area contributed by atoms with E-state index in [0.717, 1.165) is 18.8 Å². The Balaban J connectivity index is 2.02. The van der Waals surface area contributed by atoms with E-state index in [-0.39, 0.29) is 10.8 Å². The Hall–Kier alpha value is -1.02. The second-order valence-electron chi connectivity index (χ2n) is 8.35. The van der Waals surface area contributed by atoms with Crippen molar-refractivity contribution in [3.05, 3.63) is 29.3 Å². The van der Waals surface area contributed by atoms with Gasteiger partial charge in [0.2, 0.25) is 0 Å². The van der Waals surface area contributed by atoms with E-state index in [0.29, 0.717) is 11.8 Å². The molecule has 0 aliphatic heterocycles. The van der Waals surface area contributed by atoms with Crippen LogP contribution in [-0.4, -0.2) is 29.6 Å². The summed E-state index contributed by atoms with van der Waals surface area (Å²) in [5, 5.41) is 9.98. The van der Waals surface area contributed by atoms with Crippen molar-refractivity contribution in [2.45, 2.75) is 64.8 Å². The van der Waals surface area contributed by atoms with Crippen LogP contribution < -0.4 is 0 Å². The van der Waals surface area contributed by atoms with Crippen molar-refractivity contribution >= 4 is 0 Å². The van der Waals surface area contributed by atoms with Gasteiger partial charge in [0.25, 0.3) is 0 Å². The Morgan fingerprint density at radius 2 is 1.91 bits per heavy atom. The molecule has 1 saturated carbocycles. The molecule has 2 nitrogen and oxygen atoms in total. The Bertz CT molecular complexity index is 561. The van der Waals surface area contributed by atoms with Crippen LogP contribution in [0, 0.1) is 11.3 Å². The topological polar surface area (TPSA) is 23.5 Å². The minimum Gasteiger partial charge on any atom is -0.508 e. The highest BCUT2D eigenvalue weighted by Gasteiger charge is 2.51. The molecule has 1 aromatic carbocycles. The highest BCUT2D eigenvalue weighted by atomic mass is 16.3. The fourth-order valence-electron chi connectivity index (χ4n) is 4.62. The number of benzene rings is 1. The Morgan fingerprint density at radius 3 is 2.50 bits per heavy atom. The molecule has 0 radical (unpaired) electrons. The number of fused-ring (bicyclic) bond motifs is 1. The van der Waals surface area contributed by atoms with Gasteiger partial charge in [-0.05, 0) is 72.7 Å². The molecule has 3 rings (SSSR count). The molecule has 2 heteroatoms. The molecule has 2 aliphatic carbocycles. The molecule has 0 saturated heterocycles. The lowest BCUT2D eigenvalue weighted by Gasteiger charge is -2.56. The summed E-state index contributed by atoms with van der Waals surface area (Å²) < 4.78 is 0. The van der Waals surface area contributed by atoms with Gasteiger partial charge < -0.3 is 10.0 Å². The van der Waals surface area contributed by atoms with Gasteiger partial charge >= 0.3 is 0 Å². The molecule has 0 aromatic heterocycles. The summed E-state index contributed by atoms with van der Waals surface area (Å²) in [4.78, 5) is 2.61. The number of rotatable bonds is 4. The van der Waals surface area contributed by atoms with Gasteiger partial charge in [0.05, 0.1) is 0 Å². The largest absolute Gasteiger partial charge is 0.508 e. The van der Waals surface area contributed by atoms with Crippen LogP contribution in [0.5, 0.6) is 5.75 Å². The predicted molar refractivity (Wildman–Crippen MR) is 92.4 cm³/mol. The van der Waals surface area contributed by atoms with E-state index in [2.05, 4.69) is 45.7 Å². The van der Waals surface area contributed by atoms with Gasteiger partial charge in [0.15, 0.2) is 0 Å². The van der Waals surface area contributed by atoms with E-state index in [1.807, 2.05) is 12.1 Å². The zero-order valence-electron chi connectivity index (χ0n) is 14.8. The van der Waals surface area contributed by atoms with Crippen molar-refractivity contribution in [1.82, 2.24) is 4.90 Å². The van der Waals surface area contributed by atoms with Crippen molar-refractivity contribution in [2.75, 3.05) is 13.6 Å². The van der Waals surface area contributed by atoms with E-state index in [4.69, 9.17) is 0 Å². The molecule has 2 aliphatic rings. The maximum atomic E-state index is 9.98. The lowest BCUT2D eigenvalue weighted by atomic mass is 9.53. The van der Waals surface area contributed by atoms with E-state index < -0.39 is 0 Å². The molecule has 2 atom stereocenters. The fourth-order valence-corrected chi connectivity index (χ4v) is 4.62. The number of aromatic hydroxyl groups is 1. The van der Waals surface area contributed by atoms with Gasteiger partial charge in [0.1, 0.15) is 5.75 Å². The predicted octanol–water partition coefficient (Wildman–Crippen LogP) is 4.35. The number of hydrogen-bond acceptors (Lipinski definition) is 2. The zero-order chi connectivity index (χ0) is 16.1. The summed E-state index contributed by atoms with van der Waals surface area (Å²) in [5.74, 6) is 1.33. The summed E-state index contributed by atoms with van der Waals surface area (Å²) in [6.07, 6.45) is 5.02. The van der Waals surface area contributed by atoms with E-state index in [1.165, 1.54) is 30.5 Å². The summed E-state index contributed by atoms with van der Waals surface area (Å²) in [6, 6.07) is 6.57. The first-order valence-corrected chi connectivity index (χ1v) is 8.82. The molecule has 122 valence electrons. The summed E-state index contributed by atoms with van der Waals surface area (Å²) in [5.41, 5.74) is 3.07. The van der Waals surface area contributed by atoms with Crippen molar-refractivity contribution in [1.29, 1.82) is 0 Å². The quantitative estimate of drug-likeness (QED) is 0.893. The molecule has 22 heavy (non-hydrogen) atoms. The normalized spacial score (nSPS) is 30.4. The maximum Gasteiger partial charge on any atom is 0.115 e. The number of likely N-dealkylation sites (N-methyl/N-ethyl adjacent to an activating group) is 1. The Morgan fingerprint density at radius 1 is 1.23 bits per heavy atom. The monoisotopic (exact) mass is 301 g/mol. The van der Waals surface area contributed by atoms with Gasteiger partial charge in [-0.15, -0.1) is 0 Å². The molecule has 0 heterocycles.